The topological polar surface area (TPSA) is 18.5 Å². The van der Waals surface area contributed by atoms with Crippen molar-refractivity contribution in [3.05, 3.63) is 40.7 Å². The molecule has 4 heteroatoms. The normalized spacial score (nSPS) is 26.5. The van der Waals surface area contributed by atoms with Gasteiger partial charge in [-0.15, -0.1) is 0 Å². The molecule has 1 aliphatic heterocycles. The van der Waals surface area contributed by atoms with Gasteiger partial charge in [0.15, 0.2) is 5.79 Å². The first-order valence-electron chi connectivity index (χ1n) is 6.15. The highest BCUT2D eigenvalue weighted by atomic mass is 35.5. The molecule has 2 rings (SSSR count). The summed E-state index contributed by atoms with van der Waals surface area (Å²) in [7, 11) is 0. The Morgan fingerprint density at radius 3 is 2.39 bits per heavy atom. The summed E-state index contributed by atoms with van der Waals surface area (Å²) in [6, 6.07) is 5.39. The molecule has 0 bridgehead atoms. The number of ether oxygens (including phenoxy) is 2. The van der Waals surface area contributed by atoms with E-state index < -0.39 is 5.79 Å². The Hall–Kier alpha value is -0.280. The second-order valence-electron chi connectivity index (χ2n) is 4.48. The van der Waals surface area contributed by atoms with Gasteiger partial charge in [-0.2, -0.15) is 0 Å². The molecule has 0 aromatic heterocycles. The van der Waals surface area contributed by atoms with Crippen LogP contribution in [0, 0.1) is 6.92 Å². The lowest BCUT2D eigenvalue weighted by Gasteiger charge is -2.25. The second-order valence-corrected chi connectivity index (χ2v) is 5.32. The van der Waals surface area contributed by atoms with Gasteiger partial charge in [0.2, 0.25) is 0 Å². The standard InChI is InChI=1S/C14H17Cl2O2/c1-4-14(5-2)17-9(3)13(18-14)11-7-6-10(15)8-12(11)16/h6-9,13H,3-5H2,1-2H3. The molecule has 18 heavy (non-hydrogen) atoms. The van der Waals surface area contributed by atoms with Crippen molar-refractivity contribution in [1.29, 1.82) is 0 Å². The molecule has 2 unspecified atom stereocenters. The Morgan fingerprint density at radius 1 is 1.22 bits per heavy atom. The first kappa shape index (κ1) is 14.1. The van der Waals surface area contributed by atoms with Crippen molar-refractivity contribution >= 4 is 23.2 Å². The molecule has 1 heterocycles. The molecule has 2 atom stereocenters. The van der Waals surface area contributed by atoms with Crippen LogP contribution < -0.4 is 0 Å². The Bertz CT molecular complexity index is 430. The first-order valence-corrected chi connectivity index (χ1v) is 6.90. The second kappa shape index (κ2) is 5.38. The Morgan fingerprint density at radius 2 is 1.89 bits per heavy atom. The lowest BCUT2D eigenvalue weighted by molar-refractivity contribution is -0.177. The Labute approximate surface area is 118 Å². The fraction of sp³-hybridized carbons (Fsp3) is 0.500. The van der Waals surface area contributed by atoms with E-state index in [1.807, 2.05) is 19.9 Å². The molecule has 0 aliphatic carbocycles. The van der Waals surface area contributed by atoms with E-state index in [-0.39, 0.29) is 12.2 Å². The molecule has 99 valence electrons. The van der Waals surface area contributed by atoms with E-state index in [0.29, 0.717) is 10.0 Å². The molecule has 1 fully saturated rings. The van der Waals surface area contributed by atoms with Gasteiger partial charge in [0.05, 0.1) is 6.10 Å². The molecular weight excluding hydrogens is 271 g/mol. The third-order valence-corrected chi connectivity index (χ3v) is 3.95. The largest absolute Gasteiger partial charge is 0.344 e. The minimum atomic E-state index is -0.542. The van der Waals surface area contributed by atoms with Crippen molar-refractivity contribution in [3.8, 4) is 0 Å². The van der Waals surface area contributed by atoms with Crippen molar-refractivity contribution < 1.29 is 9.47 Å². The molecule has 1 aromatic carbocycles. The van der Waals surface area contributed by atoms with Crippen LogP contribution in [0.3, 0.4) is 0 Å². The molecule has 0 N–H and O–H groups in total. The van der Waals surface area contributed by atoms with E-state index in [0.717, 1.165) is 18.4 Å². The van der Waals surface area contributed by atoms with Crippen LogP contribution in [0.1, 0.15) is 38.4 Å². The van der Waals surface area contributed by atoms with E-state index >= 15 is 0 Å². The van der Waals surface area contributed by atoms with Crippen LogP contribution in [-0.4, -0.2) is 11.9 Å². The molecule has 0 saturated carbocycles. The monoisotopic (exact) mass is 287 g/mol. The highest BCUT2D eigenvalue weighted by Crippen LogP contribution is 2.43. The number of hydrogen-bond acceptors (Lipinski definition) is 2. The molecule has 2 nitrogen and oxygen atoms in total. The fourth-order valence-electron chi connectivity index (χ4n) is 2.25. The van der Waals surface area contributed by atoms with Gasteiger partial charge in [-0.1, -0.05) is 43.1 Å². The smallest absolute Gasteiger partial charge is 0.169 e. The van der Waals surface area contributed by atoms with Crippen LogP contribution in [0.5, 0.6) is 0 Å². The predicted molar refractivity (Wildman–Crippen MR) is 73.8 cm³/mol. The number of halogens is 2. The fourth-order valence-corrected chi connectivity index (χ4v) is 2.77. The van der Waals surface area contributed by atoms with E-state index in [9.17, 15) is 0 Å². The third-order valence-electron chi connectivity index (χ3n) is 3.39. The van der Waals surface area contributed by atoms with Crippen LogP contribution in [-0.2, 0) is 9.47 Å². The average Bonchev–Trinajstić information content (AvgIpc) is 2.67. The molecule has 1 saturated heterocycles. The van der Waals surface area contributed by atoms with Gasteiger partial charge in [-0.3, -0.25) is 0 Å². The van der Waals surface area contributed by atoms with Crippen molar-refractivity contribution in [2.45, 2.75) is 44.7 Å². The summed E-state index contributed by atoms with van der Waals surface area (Å²) in [5.41, 5.74) is 0.879. The van der Waals surface area contributed by atoms with E-state index in [4.69, 9.17) is 32.7 Å². The van der Waals surface area contributed by atoms with Gasteiger partial charge in [0.1, 0.15) is 6.10 Å². The zero-order chi connectivity index (χ0) is 13.3. The summed E-state index contributed by atoms with van der Waals surface area (Å²) in [6.45, 7) is 8.10. The van der Waals surface area contributed by atoms with Crippen molar-refractivity contribution in [3.63, 3.8) is 0 Å². The van der Waals surface area contributed by atoms with Crippen LogP contribution >= 0.6 is 23.2 Å². The summed E-state index contributed by atoms with van der Waals surface area (Å²) in [5.74, 6) is -0.542. The van der Waals surface area contributed by atoms with E-state index in [1.54, 1.807) is 12.1 Å². The molecule has 1 aromatic rings. The predicted octanol–water partition coefficient (Wildman–Crippen LogP) is 4.80. The minimum absolute atomic E-state index is 0.241. The summed E-state index contributed by atoms with van der Waals surface area (Å²) in [6.07, 6.45) is 1.08. The van der Waals surface area contributed by atoms with Gasteiger partial charge in [0.25, 0.3) is 0 Å². The van der Waals surface area contributed by atoms with Crippen LogP contribution in [0.2, 0.25) is 10.0 Å². The third kappa shape index (κ3) is 2.53. The zero-order valence-electron chi connectivity index (χ0n) is 10.6. The van der Waals surface area contributed by atoms with Crippen LogP contribution in [0.4, 0.5) is 0 Å². The van der Waals surface area contributed by atoms with Crippen molar-refractivity contribution in [2.24, 2.45) is 0 Å². The highest BCUT2D eigenvalue weighted by molar-refractivity contribution is 6.35. The average molecular weight is 288 g/mol. The maximum Gasteiger partial charge on any atom is 0.169 e. The Balaban J connectivity index is 2.29. The lowest BCUT2D eigenvalue weighted by Crippen LogP contribution is -2.28. The Kier molecular flexibility index (Phi) is 4.22. The quantitative estimate of drug-likeness (QED) is 0.795. The molecule has 0 amide bonds. The van der Waals surface area contributed by atoms with Gasteiger partial charge in [-0.05, 0) is 31.9 Å². The highest BCUT2D eigenvalue weighted by Gasteiger charge is 2.44. The summed E-state index contributed by atoms with van der Waals surface area (Å²) < 4.78 is 11.9. The SMILES string of the molecule is [CH2]C1OC(CC)(CC)OC1c1ccc(Cl)cc1Cl. The van der Waals surface area contributed by atoms with Crippen LogP contribution in [0.25, 0.3) is 0 Å². The minimum Gasteiger partial charge on any atom is -0.344 e. The van der Waals surface area contributed by atoms with Gasteiger partial charge in [-0.25, -0.2) is 0 Å². The summed E-state index contributed by atoms with van der Waals surface area (Å²) in [5, 5.41) is 1.20. The van der Waals surface area contributed by atoms with Gasteiger partial charge < -0.3 is 9.47 Å². The first-order chi connectivity index (χ1) is 8.51. The van der Waals surface area contributed by atoms with Gasteiger partial charge in [0, 0.05) is 15.6 Å². The molecule has 0 spiro atoms. The van der Waals surface area contributed by atoms with Crippen molar-refractivity contribution in [2.75, 3.05) is 0 Å². The maximum atomic E-state index is 6.21. The van der Waals surface area contributed by atoms with Crippen LogP contribution in [0.15, 0.2) is 18.2 Å². The molecule has 1 radical (unpaired) electrons. The number of hydrogen-bond donors (Lipinski definition) is 0. The lowest BCUT2D eigenvalue weighted by atomic mass is 10.1. The zero-order valence-corrected chi connectivity index (χ0v) is 12.1. The van der Waals surface area contributed by atoms with Gasteiger partial charge >= 0.3 is 0 Å². The molecule has 1 aliphatic rings. The van der Waals surface area contributed by atoms with E-state index in [1.165, 1.54) is 0 Å². The summed E-state index contributed by atoms with van der Waals surface area (Å²) >= 11 is 12.1. The maximum absolute atomic E-state index is 6.21. The molecular formula is C14H17Cl2O2. The number of benzene rings is 1. The number of rotatable bonds is 3. The van der Waals surface area contributed by atoms with Crippen molar-refractivity contribution in [1.82, 2.24) is 0 Å². The summed E-state index contributed by atoms with van der Waals surface area (Å²) in [4.78, 5) is 0. The van der Waals surface area contributed by atoms with E-state index in [2.05, 4.69) is 6.92 Å².